The van der Waals surface area contributed by atoms with Gasteiger partial charge in [0.25, 0.3) is 0 Å². The largest absolute Gasteiger partial charge is 0.480 e. The lowest BCUT2D eigenvalue weighted by molar-refractivity contribution is -0.141. The Morgan fingerprint density at radius 1 is 1.05 bits per heavy atom. The molecular weight excluding hydrogens is 268 g/mol. The minimum Gasteiger partial charge on any atom is -0.480 e. The summed E-state index contributed by atoms with van der Waals surface area (Å²) in [6.07, 6.45) is 0. The van der Waals surface area contributed by atoms with Gasteiger partial charge in [-0.05, 0) is 17.5 Å². The standard InChI is InChI=1S/C14H11ClO4/c15-12-6-5-11(9-3-1-2-4-10(9)12)13(16)7-19-8-14(17)18/h1-6H,7-8H2,(H,17,18). The maximum atomic E-state index is 12.0. The number of carboxylic acids is 1. The Bertz CT molecular complexity index is 636. The summed E-state index contributed by atoms with van der Waals surface area (Å²) in [6, 6.07) is 10.5. The first-order valence-corrected chi connectivity index (χ1v) is 5.97. The fraction of sp³-hybridized carbons (Fsp3) is 0.143. The number of ether oxygens (including phenoxy) is 1. The highest BCUT2D eigenvalue weighted by Crippen LogP contribution is 2.26. The van der Waals surface area contributed by atoms with Crippen LogP contribution in [-0.4, -0.2) is 30.1 Å². The summed E-state index contributed by atoms with van der Waals surface area (Å²) >= 11 is 6.06. The Labute approximate surface area is 114 Å². The second-order valence-corrected chi connectivity index (χ2v) is 4.36. The number of Topliss-reactive ketones (excluding diaryl/α,β-unsaturated/α-hetero) is 1. The average Bonchev–Trinajstić information content (AvgIpc) is 2.39. The van der Waals surface area contributed by atoms with Crippen LogP contribution in [0.2, 0.25) is 5.02 Å². The van der Waals surface area contributed by atoms with Crippen LogP contribution in [0.25, 0.3) is 10.8 Å². The normalized spacial score (nSPS) is 10.6. The van der Waals surface area contributed by atoms with E-state index >= 15 is 0 Å². The molecule has 4 nitrogen and oxygen atoms in total. The van der Waals surface area contributed by atoms with Crippen LogP contribution in [0.1, 0.15) is 10.4 Å². The molecule has 0 saturated heterocycles. The third-order valence-corrected chi connectivity index (χ3v) is 2.96. The van der Waals surface area contributed by atoms with Gasteiger partial charge in [0.2, 0.25) is 0 Å². The van der Waals surface area contributed by atoms with Gasteiger partial charge in [-0.3, -0.25) is 4.79 Å². The molecule has 5 heteroatoms. The molecule has 0 aliphatic rings. The van der Waals surface area contributed by atoms with Gasteiger partial charge in [-0.1, -0.05) is 35.9 Å². The van der Waals surface area contributed by atoms with E-state index in [2.05, 4.69) is 0 Å². The number of halogens is 1. The van der Waals surface area contributed by atoms with Gasteiger partial charge >= 0.3 is 5.97 Å². The van der Waals surface area contributed by atoms with Crippen LogP contribution in [0.15, 0.2) is 36.4 Å². The van der Waals surface area contributed by atoms with Crippen molar-refractivity contribution in [3.63, 3.8) is 0 Å². The molecule has 1 N–H and O–H groups in total. The van der Waals surface area contributed by atoms with Crippen molar-refractivity contribution in [2.24, 2.45) is 0 Å². The monoisotopic (exact) mass is 278 g/mol. The molecule has 0 saturated carbocycles. The van der Waals surface area contributed by atoms with E-state index in [9.17, 15) is 9.59 Å². The lowest BCUT2D eigenvalue weighted by Gasteiger charge is -2.07. The first-order chi connectivity index (χ1) is 9.09. The zero-order valence-electron chi connectivity index (χ0n) is 9.93. The van der Waals surface area contributed by atoms with Gasteiger partial charge in [0.05, 0.1) is 0 Å². The van der Waals surface area contributed by atoms with Crippen LogP contribution in [0.3, 0.4) is 0 Å². The van der Waals surface area contributed by atoms with Gasteiger partial charge < -0.3 is 9.84 Å². The summed E-state index contributed by atoms with van der Waals surface area (Å²) in [5.41, 5.74) is 0.477. The number of ketones is 1. The van der Waals surface area contributed by atoms with Gasteiger partial charge in [-0.15, -0.1) is 0 Å². The predicted octanol–water partition coefficient (Wildman–Crippen LogP) is 2.78. The number of carboxylic acid groups (broad SMARTS) is 1. The zero-order valence-corrected chi connectivity index (χ0v) is 10.7. The number of aliphatic carboxylic acids is 1. The Hall–Kier alpha value is -1.91. The van der Waals surface area contributed by atoms with Crippen molar-refractivity contribution >= 4 is 34.1 Å². The van der Waals surface area contributed by atoms with Crippen molar-refractivity contribution in [3.8, 4) is 0 Å². The van der Waals surface area contributed by atoms with Crippen molar-refractivity contribution in [1.82, 2.24) is 0 Å². The summed E-state index contributed by atoms with van der Waals surface area (Å²) in [7, 11) is 0. The van der Waals surface area contributed by atoms with Gasteiger partial charge in [0.15, 0.2) is 5.78 Å². The highest BCUT2D eigenvalue weighted by atomic mass is 35.5. The van der Waals surface area contributed by atoms with Crippen molar-refractivity contribution < 1.29 is 19.4 Å². The summed E-state index contributed by atoms with van der Waals surface area (Å²) in [5, 5.41) is 10.5. The van der Waals surface area contributed by atoms with E-state index in [4.69, 9.17) is 21.4 Å². The van der Waals surface area contributed by atoms with E-state index in [1.807, 2.05) is 18.2 Å². The first-order valence-electron chi connectivity index (χ1n) is 5.59. The molecular formula is C14H11ClO4. The van der Waals surface area contributed by atoms with E-state index in [0.29, 0.717) is 10.6 Å². The van der Waals surface area contributed by atoms with Crippen LogP contribution >= 0.6 is 11.6 Å². The maximum Gasteiger partial charge on any atom is 0.329 e. The minimum absolute atomic E-state index is 0.266. The van der Waals surface area contributed by atoms with Crippen molar-refractivity contribution in [2.75, 3.05) is 13.2 Å². The van der Waals surface area contributed by atoms with Crippen LogP contribution < -0.4 is 0 Å². The molecule has 0 atom stereocenters. The molecule has 2 aromatic rings. The van der Waals surface area contributed by atoms with Crippen molar-refractivity contribution in [3.05, 3.63) is 47.0 Å². The van der Waals surface area contributed by atoms with E-state index in [-0.39, 0.29) is 12.4 Å². The molecule has 2 rings (SSSR count). The molecule has 0 amide bonds. The molecule has 0 radical (unpaired) electrons. The molecule has 0 heterocycles. The summed E-state index contributed by atoms with van der Waals surface area (Å²) < 4.78 is 4.81. The summed E-state index contributed by atoms with van der Waals surface area (Å²) in [4.78, 5) is 22.3. The zero-order chi connectivity index (χ0) is 13.8. The van der Waals surface area contributed by atoms with Gasteiger partial charge in [0.1, 0.15) is 13.2 Å². The molecule has 0 aliphatic heterocycles. The number of hydrogen-bond donors (Lipinski definition) is 1. The number of benzene rings is 2. The molecule has 0 spiro atoms. The maximum absolute atomic E-state index is 12.0. The van der Waals surface area contributed by atoms with Gasteiger partial charge in [-0.25, -0.2) is 4.79 Å². The summed E-state index contributed by atoms with van der Waals surface area (Å²) in [5.74, 6) is -1.37. The number of fused-ring (bicyclic) bond motifs is 1. The molecule has 98 valence electrons. The fourth-order valence-corrected chi connectivity index (χ4v) is 2.04. The Morgan fingerprint density at radius 2 is 1.74 bits per heavy atom. The van der Waals surface area contributed by atoms with Crippen LogP contribution in [0.5, 0.6) is 0 Å². The lowest BCUT2D eigenvalue weighted by Crippen LogP contribution is -2.14. The van der Waals surface area contributed by atoms with Crippen LogP contribution in [0.4, 0.5) is 0 Å². The van der Waals surface area contributed by atoms with Gasteiger partial charge in [-0.2, -0.15) is 0 Å². The molecule has 19 heavy (non-hydrogen) atoms. The van der Waals surface area contributed by atoms with E-state index in [1.165, 1.54) is 0 Å². The quantitative estimate of drug-likeness (QED) is 0.854. The Balaban J connectivity index is 2.27. The molecule has 0 bridgehead atoms. The third kappa shape index (κ3) is 3.10. The number of hydrogen-bond acceptors (Lipinski definition) is 3. The predicted molar refractivity (Wildman–Crippen MR) is 71.7 cm³/mol. The fourth-order valence-electron chi connectivity index (χ4n) is 1.81. The second-order valence-electron chi connectivity index (χ2n) is 3.95. The number of carbonyl (C=O) groups is 2. The molecule has 0 aliphatic carbocycles. The van der Waals surface area contributed by atoms with E-state index in [1.54, 1.807) is 18.2 Å². The molecule has 0 aromatic heterocycles. The van der Waals surface area contributed by atoms with Crippen LogP contribution in [0, 0.1) is 0 Å². The SMILES string of the molecule is O=C(O)COCC(=O)c1ccc(Cl)c2ccccc12. The topological polar surface area (TPSA) is 63.6 Å². The molecule has 0 unspecified atom stereocenters. The Kier molecular flexibility index (Phi) is 4.14. The number of carbonyl (C=O) groups excluding carboxylic acids is 1. The average molecular weight is 279 g/mol. The third-order valence-electron chi connectivity index (χ3n) is 2.63. The van der Waals surface area contributed by atoms with Crippen molar-refractivity contribution in [1.29, 1.82) is 0 Å². The van der Waals surface area contributed by atoms with E-state index in [0.717, 1.165) is 10.8 Å². The van der Waals surface area contributed by atoms with Crippen LogP contribution in [-0.2, 0) is 9.53 Å². The van der Waals surface area contributed by atoms with E-state index < -0.39 is 12.6 Å². The second kappa shape index (κ2) is 5.82. The Morgan fingerprint density at radius 3 is 2.42 bits per heavy atom. The number of rotatable bonds is 5. The first kappa shape index (κ1) is 13.5. The van der Waals surface area contributed by atoms with Crippen molar-refractivity contribution in [2.45, 2.75) is 0 Å². The van der Waals surface area contributed by atoms with Gasteiger partial charge in [0, 0.05) is 16.0 Å². The summed E-state index contributed by atoms with van der Waals surface area (Å²) in [6.45, 7) is -0.755. The highest BCUT2D eigenvalue weighted by Gasteiger charge is 2.12. The molecule has 0 fully saturated rings. The minimum atomic E-state index is -1.10. The highest BCUT2D eigenvalue weighted by molar-refractivity contribution is 6.36. The smallest absolute Gasteiger partial charge is 0.329 e. The molecule has 2 aromatic carbocycles. The lowest BCUT2D eigenvalue weighted by atomic mass is 10.0.